The third-order valence-electron chi connectivity index (χ3n) is 5.69. The summed E-state index contributed by atoms with van der Waals surface area (Å²) < 4.78 is 15.7. The Hall–Kier alpha value is -2.23. The molecule has 2 unspecified atom stereocenters. The number of nitrogens with zero attached hydrogens (tertiary/aromatic N) is 2. The Labute approximate surface area is 166 Å². The third kappa shape index (κ3) is 4.60. The molecule has 0 aliphatic heterocycles. The minimum absolute atomic E-state index is 0.0116. The zero-order chi connectivity index (χ0) is 20.1. The Balaban J connectivity index is 2.21. The molecular formula is C24H31FN2O. The molecule has 3 rings (SSSR count). The number of rotatable bonds is 5. The highest BCUT2D eigenvalue weighted by Crippen LogP contribution is 2.27. The Kier molecular flexibility index (Phi) is 6.82. The molecule has 0 fully saturated rings. The lowest BCUT2D eigenvalue weighted by Gasteiger charge is -2.24. The van der Waals surface area contributed by atoms with E-state index in [1.165, 1.54) is 11.6 Å². The minimum atomic E-state index is -0.229. The van der Waals surface area contributed by atoms with E-state index in [4.69, 9.17) is 4.98 Å². The van der Waals surface area contributed by atoms with Gasteiger partial charge in [-0.15, -0.1) is 0 Å². The molecule has 0 bridgehead atoms. The van der Waals surface area contributed by atoms with Gasteiger partial charge in [-0.3, -0.25) is 9.36 Å². The summed E-state index contributed by atoms with van der Waals surface area (Å²) in [7, 11) is 0. The van der Waals surface area contributed by atoms with Crippen LogP contribution >= 0.6 is 0 Å². The summed E-state index contributed by atoms with van der Waals surface area (Å²) >= 11 is 0. The lowest BCUT2D eigenvalue weighted by Crippen LogP contribution is -2.50. The molecule has 0 amide bonds. The SMILES string of the molecule is CCCCCc1nc2c(c(=O)n1C1C=CC(F)=CCC1C)=CC=C(C)CCC=2. The molecule has 2 aliphatic carbocycles. The van der Waals surface area contributed by atoms with E-state index >= 15 is 0 Å². The van der Waals surface area contributed by atoms with Gasteiger partial charge in [-0.1, -0.05) is 50.5 Å². The highest BCUT2D eigenvalue weighted by atomic mass is 19.1. The lowest BCUT2D eigenvalue weighted by molar-refractivity contribution is 0.393. The Morgan fingerprint density at radius 1 is 1.25 bits per heavy atom. The summed E-state index contributed by atoms with van der Waals surface area (Å²) in [5.41, 5.74) is 1.25. The van der Waals surface area contributed by atoms with Crippen molar-refractivity contribution < 1.29 is 4.39 Å². The van der Waals surface area contributed by atoms with Crippen LogP contribution in [0.5, 0.6) is 0 Å². The number of halogens is 1. The second-order valence-corrected chi connectivity index (χ2v) is 8.03. The minimum Gasteiger partial charge on any atom is -0.289 e. The molecule has 3 nitrogen and oxygen atoms in total. The number of unbranched alkanes of at least 4 members (excludes halogenated alkanes) is 2. The van der Waals surface area contributed by atoms with Gasteiger partial charge in [0, 0.05) is 6.42 Å². The molecule has 150 valence electrons. The van der Waals surface area contributed by atoms with Gasteiger partial charge in [0.2, 0.25) is 0 Å². The Morgan fingerprint density at radius 2 is 2.07 bits per heavy atom. The van der Waals surface area contributed by atoms with E-state index in [2.05, 4.69) is 26.8 Å². The molecule has 0 aromatic carbocycles. The summed E-state index contributed by atoms with van der Waals surface area (Å²) in [5.74, 6) is 0.723. The van der Waals surface area contributed by atoms with Crippen molar-refractivity contribution in [2.75, 3.05) is 0 Å². The van der Waals surface area contributed by atoms with Crippen LogP contribution in [-0.2, 0) is 6.42 Å². The molecule has 0 saturated heterocycles. The Bertz CT molecular complexity index is 981. The molecule has 2 atom stereocenters. The molecule has 0 N–H and O–H groups in total. The number of hydrogen-bond donors (Lipinski definition) is 0. The fourth-order valence-corrected chi connectivity index (χ4v) is 3.91. The van der Waals surface area contributed by atoms with Crippen LogP contribution in [0.2, 0.25) is 0 Å². The largest absolute Gasteiger partial charge is 0.289 e. The third-order valence-corrected chi connectivity index (χ3v) is 5.69. The van der Waals surface area contributed by atoms with Gasteiger partial charge in [0.25, 0.3) is 5.56 Å². The van der Waals surface area contributed by atoms with Gasteiger partial charge in [0.05, 0.1) is 16.6 Å². The van der Waals surface area contributed by atoms with Crippen LogP contribution in [0.3, 0.4) is 0 Å². The second-order valence-electron chi connectivity index (χ2n) is 8.03. The van der Waals surface area contributed by atoms with Crippen LogP contribution in [0.15, 0.2) is 40.5 Å². The van der Waals surface area contributed by atoms with Crippen LogP contribution in [0.4, 0.5) is 4.39 Å². The topological polar surface area (TPSA) is 34.9 Å². The molecule has 28 heavy (non-hydrogen) atoms. The van der Waals surface area contributed by atoms with E-state index < -0.39 is 0 Å². The first-order chi connectivity index (χ1) is 13.5. The van der Waals surface area contributed by atoms with Crippen molar-refractivity contribution in [3.05, 3.63) is 62.5 Å². The molecule has 1 heterocycles. The molecule has 0 radical (unpaired) electrons. The van der Waals surface area contributed by atoms with Crippen molar-refractivity contribution >= 4 is 12.2 Å². The molecular weight excluding hydrogens is 351 g/mol. The van der Waals surface area contributed by atoms with Crippen LogP contribution < -0.4 is 16.1 Å². The summed E-state index contributed by atoms with van der Waals surface area (Å²) in [6.45, 7) is 6.33. The highest BCUT2D eigenvalue weighted by Gasteiger charge is 2.23. The van der Waals surface area contributed by atoms with E-state index in [1.807, 2.05) is 22.8 Å². The van der Waals surface area contributed by atoms with Crippen molar-refractivity contribution in [2.24, 2.45) is 5.92 Å². The van der Waals surface area contributed by atoms with Gasteiger partial charge < -0.3 is 0 Å². The maximum Gasteiger partial charge on any atom is 0.261 e. The summed E-state index contributed by atoms with van der Waals surface area (Å²) in [6.07, 6.45) is 17.4. The first-order valence-corrected chi connectivity index (χ1v) is 10.5. The predicted molar refractivity (Wildman–Crippen MR) is 114 cm³/mol. The molecule has 1 aromatic heterocycles. The van der Waals surface area contributed by atoms with E-state index in [0.29, 0.717) is 11.6 Å². The molecule has 4 heteroatoms. The highest BCUT2D eigenvalue weighted by molar-refractivity contribution is 5.42. The zero-order valence-corrected chi connectivity index (χ0v) is 17.2. The van der Waals surface area contributed by atoms with Crippen LogP contribution in [-0.4, -0.2) is 9.55 Å². The molecule has 2 aliphatic rings. The summed E-state index contributed by atoms with van der Waals surface area (Å²) in [6, 6.07) is -0.185. The van der Waals surface area contributed by atoms with Gasteiger partial charge in [0.1, 0.15) is 11.7 Å². The maximum absolute atomic E-state index is 13.8. The number of hydrogen-bond acceptors (Lipinski definition) is 2. The van der Waals surface area contributed by atoms with Gasteiger partial charge in [-0.05, 0) is 56.8 Å². The van der Waals surface area contributed by atoms with Crippen molar-refractivity contribution in [1.82, 2.24) is 9.55 Å². The Morgan fingerprint density at radius 3 is 2.86 bits per heavy atom. The first kappa shape index (κ1) is 20.5. The van der Waals surface area contributed by atoms with Gasteiger partial charge in [0.15, 0.2) is 0 Å². The van der Waals surface area contributed by atoms with Crippen LogP contribution in [0.1, 0.15) is 71.2 Å². The smallest absolute Gasteiger partial charge is 0.261 e. The average Bonchev–Trinajstić information content (AvgIpc) is 2.81. The standard InChI is InChI=1S/C24H31FN2O/c1-4-5-6-10-23-26-21-9-7-8-17(2)11-15-20(21)24(28)27(23)22-16-14-19(25)13-12-18(22)3/h9,11,13-16,18,22H,4-8,10,12H2,1-3H3. The van der Waals surface area contributed by atoms with Gasteiger partial charge >= 0.3 is 0 Å². The fourth-order valence-electron chi connectivity index (χ4n) is 3.91. The van der Waals surface area contributed by atoms with E-state index in [-0.39, 0.29) is 23.3 Å². The van der Waals surface area contributed by atoms with E-state index in [9.17, 15) is 9.18 Å². The number of aryl methyl sites for hydroxylation is 1. The normalized spacial score (nSPS) is 22.0. The van der Waals surface area contributed by atoms with Crippen LogP contribution in [0.25, 0.3) is 12.2 Å². The number of aromatic nitrogens is 2. The zero-order valence-electron chi connectivity index (χ0n) is 17.2. The van der Waals surface area contributed by atoms with Crippen molar-refractivity contribution in [2.45, 2.75) is 71.8 Å². The van der Waals surface area contributed by atoms with Gasteiger partial charge in [-0.2, -0.15) is 0 Å². The van der Waals surface area contributed by atoms with Crippen molar-refractivity contribution in [1.29, 1.82) is 0 Å². The number of allylic oxidation sites excluding steroid dienone is 6. The van der Waals surface area contributed by atoms with Crippen LogP contribution in [0, 0.1) is 5.92 Å². The van der Waals surface area contributed by atoms with Crippen molar-refractivity contribution in [3.63, 3.8) is 0 Å². The fraction of sp³-hybridized carbons (Fsp3) is 0.500. The van der Waals surface area contributed by atoms with E-state index in [0.717, 1.165) is 49.7 Å². The van der Waals surface area contributed by atoms with Gasteiger partial charge in [-0.25, -0.2) is 9.37 Å². The first-order valence-electron chi connectivity index (χ1n) is 10.5. The molecule has 0 spiro atoms. The van der Waals surface area contributed by atoms with Crippen molar-refractivity contribution in [3.8, 4) is 0 Å². The second kappa shape index (κ2) is 9.31. The number of fused-ring (bicyclic) bond motifs is 1. The lowest BCUT2D eigenvalue weighted by atomic mass is 9.98. The average molecular weight is 383 g/mol. The molecule has 1 aromatic rings. The molecule has 0 saturated carbocycles. The van der Waals surface area contributed by atoms with E-state index in [1.54, 1.807) is 6.08 Å². The quantitative estimate of drug-likeness (QED) is 0.713. The predicted octanol–water partition coefficient (Wildman–Crippen LogP) is 4.27. The monoisotopic (exact) mass is 382 g/mol. The maximum atomic E-state index is 13.8. The summed E-state index contributed by atoms with van der Waals surface area (Å²) in [4.78, 5) is 18.5. The summed E-state index contributed by atoms with van der Waals surface area (Å²) in [5, 5.41) is 1.45.